The topological polar surface area (TPSA) is 101 Å². The predicted molar refractivity (Wildman–Crippen MR) is 80.9 cm³/mol. The third kappa shape index (κ3) is 8.07. The second kappa shape index (κ2) is 12.1. The summed E-state index contributed by atoms with van der Waals surface area (Å²) in [5, 5.41) is 19.9. The van der Waals surface area contributed by atoms with Crippen molar-refractivity contribution in [1.29, 1.82) is 5.26 Å². The molecule has 0 aliphatic rings. The van der Waals surface area contributed by atoms with Crippen molar-refractivity contribution in [1.82, 2.24) is 5.32 Å². The molecule has 8 heteroatoms. The maximum Gasteiger partial charge on any atom is 0.261 e. The highest BCUT2D eigenvalue weighted by Gasteiger charge is 2.07. The fourth-order valence-corrected chi connectivity index (χ4v) is 2.17. The molecule has 1 aromatic rings. The van der Waals surface area contributed by atoms with Crippen LogP contribution < -0.4 is 5.32 Å². The van der Waals surface area contributed by atoms with Gasteiger partial charge in [0.1, 0.15) is 10.9 Å². The molecule has 0 radical (unpaired) electrons. The number of amides is 1. The van der Waals surface area contributed by atoms with E-state index >= 15 is 0 Å². The van der Waals surface area contributed by atoms with Crippen LogP contribution in [0, 0.1) is 11.3 Å². The lowest BCUT2D eigenvalue weighted by Crippen LogP contribution is -2.27. The van der Waals surface area contributed by atoms with Crippen molar-refractivity contribution < 1.29 is 24.1 Å². The van der Waals surface area contributed by atoms with Crippen LogP contribution in [-0.2, 0) is 14.2 Å². The first-order valence-corrected chi connectivity index (χ1v) is 7.71. The fraction of sp³-hybridized carbons (Fsp3) is 0.571. The van der Waals surface area contributed by atoms with Gasteiger partial charge in [-0.05, 0) is 12.1 Å². The van der Waals surface area contributed by atoms with Crippen molar-refractivity contribution >= 4 is 17.2 Å². The van der Waals surface area contributed by atoms with Gasteiger partial charge in [0, 0.05) is 6.54 Å². The van der Waals surface area contributed by atoms with E-state index in [0.29, 0.717) is 55.9 Å². The third-order valence-corrected chi connectivity index (χ3v) is 3.44. The normalized spacial score (nSPS) is 10.4. The van der Waals surface area contributed by atoms with Gasteiger partial charge >= 0.3 is 0 Å². The van der Waals surface area contributed by atoms with Gasteiger partial charge in [-0.3, -0.25) is 4.79 Å². The number of carbonyl (C=O) groups excluding carboxylic acids is 1. The average Bonchev–Trinajstić information content (AvgIpc) is 3.01. The van der Waals surface area contributed by atoms with Gasteiger partial charge in [-0.2, -0.15) is 5.26 Å². The number of rotatable bonds is 12. The molecule has 122 valence electrons. The molecule has 0 aromatic carbocycles. The highest BCUT2D eigenvalue weighted by atomic mass is 32.1. The van der Waals surface area contributed by atoms with E-state index in [-0.39, 0.29) is 12.5 Å². The Balaban J connectivity index is 1.93. The van der Waals surface area contributed by atoms with Crippen LogP contribution in [0.5, 0.6) is 0 Å². The Labute approximate surface area is 133 Å². The standard InChI is InChI=1S/C14H20N2O5S/c15-11-12-1-2-13(22-12)14(18)16-3-5-19-7-9-21-10-8-20-6-4-17/h1-2,17H,3-10H2,(H,16,18). The average molecular weight is 328 g/mol. The lowest BCUT2D eigenvalue weighted by Gasteiger charge is -2.07. The summed E-state index contributed by atoms with van der Waals surface area (Å²) in [6, 6.07) is 5.25. The van der Waals surface area contributed by atoms with Gasteiger partial charge in [0.2, 0.25) is 0 Å². The Morgan fingerprint density at radius 3 is 2.36 bits per heavy atom. The van der Waals surface area contributed by atoms with Gasteiger partial charge in [-0.25, -0.2) is 0 Å². The van der Waals surface area contributed by atoms with Gasteiger partial charge in [0.05, 0.1) is 51.1 Å². The van der Waals surface area contributed by atoms with Gasteiger partial charge in [0.25, 0.3) is 5.91 Å². The monoisotopic (exact) mass is 328 g/mol. The number of carbonyl (C=O) groups is 1. The van der Waals surface area contributed by atoms with E-state index in [9.17, 15) is 4.79 Å². The van der Waals surface area contributed by atoms with Crippen molar-refractivity contribution in [3.8, 4) is 6.07 Å². The zero-order chi connectivity index (χ0) is 16.0. The van der Waals surface area contributed by atoms with E-state index < -0.39 is 0 Å². The molecule has 0 atom stereocenters. The minimum absolute atomic E-state index is 0.0120. The Bertz CT molecular complexity index is 472. The lowest BCUT2D eigenvalue weighted by atomic mass is 10.4. The largest absolute Gasteiger partial charge is 0.394 e. The molecule has 0 saturated heterocycles. The van der Waals surface area contributed by atoms with Crippen LogP contribution in [0.1, 0.15) is 14.5 Å². The van der Waals surface area contributed by atoms with Crippen molar-refractivity contribution in [3.63, 3.8) is 0 Å². The van der Waals surface area contributed by atoms with Crippen LogP contribution in [0.15, 0.2) is 12.1 Å². The quantitative estimate of drug-likeness (QED) is 0.538. The number of thiophene rings is 1. The minimum Gasteiger partial charge on any atom is -0.394 e. The maximum absolute atomic E-state index is 11.7. The van der Waals surface area contributed by atoms with E-state index in [0.717, 1.165) is 11.3 Å². The number of hydrogen-bond acceptors (Lipinski definition) is 7. The van der Waals surface area contributed by atoms with Gasteiger partial charge < -0.3 is 24.6 Å². The molecule has 1 rings (SSSR count). The van der Waals surface area contributed by atoms with E-state index in [1.807, 2.05) is 6.07 Å². The molecule has 1 amide bonds. The van der Waals surface area contributed by atoms with Crippen molar-refractivity contribution in [2.24, 2.45) is 0 Å². The molecule has 1 aromatic heterocycles. The maximum atomic E-state index is 11.7. The van der Waals surface area contributed by atoms with Crippen molar-refractivity contribution in [2.45, 2.75) is 0 Å². The molecule has 0 fully saturated rings. The second-order valence-electron chi connectivity index (χ2n) is 4.09. The fourth-order valence-electron chi connectivity index (χ4n) is 1.45. The van der Waals surface area contributed by atoms with Gasteiger partial charge in [0.15, 0.2) is 0 Å². The molecule has 0 bridgehead atoms. The molecular weight excluding hydrogens is 308 g/mol. The first-order chi connectivity index (χ1) is 10.8. The highest BCUT2D eigenvalue weighted by Crippen LogP contribution is 2.14. The molecule has 1 heterocycles. The molecule has 2 N–H and O–H groups in total. The van der Waals surface area contributed by atoms with Gasteiger partial charge in [-0.1, -0.05) is 0 Å². The van der Waals surface area contributed by atoms with E-state index in [1.54, 1.807) is 12.1 Å². The SMILES string of the molecule is N#Cc1ccc(C(=O)NCCOCCOCCOCCO)s1. The summed E-state index contributed by atoms with van der Waals surface area (Å²) < 4.78 is 15.6. The molecule has 0 spiro atoms. The summed E-state index contributed by atoms with van der Waals surface area (Å²) in [5.74, 6) is -0.201. The Hall–Kier alpha value is -1.50. The Morgan fingerprint density at radius 1 is 1.14 bits per heavy atom. The van der Waals surface area contributed by atoms with Crippen LogP contribution in [0.4, 0.5) is 0 Å². The molecule has 0 aliphatic heterocycles. The van der Waals surface area contributed by atoms with Crippen molar-refractivity contribution in [2.75, 3.05) is 52.8 Å². The van der Waals surface area contributed by atoms with Crippen LogP contribution in [-0.4, -0.2) is 63.8 Å². The summed E-state index contributed by atoms with van der Waals surface area (Å²) in [5.41, 5.74) is 0. The third-order valence-electron chi connectivity index (χ3n) is 2.45. The molecule has 22 heavy (non-hydrogen) atoms. The predicted octanol–water partition coefficient (Wildman–Crippen LogP) is 0.392. The first-order valence-electron chi connectivity index (χ1n) is 6.90. The number of nitrogens with zero attached hydrogens (tertiary/aromatic N) is 1. The zero-order valence-corrected chi connectivity index (χ0v) is 13.1. The van der Waals surface area contributed by atoms with E-state index in [4.69, 9.17) is 24.6 Å². The number of hydrogen-bond donors (Lipinski definition) is 2. The van der Waals surface area contributed by atoms with Crippen LogP contribution in [0.25, 0.3) is 0 Å². The first kappa shape index (κ1) is 18.5. The summed E-state index contributed by atoms with van der Waals surface area (Å²) in [7, 11) is 0. The van der Waals surface area contributed by atoms with Crippen LogP contribution in [0.3, 0.4) is 0 Å². The molecule has 0 aliphatic carbocycles. The molecule has 0 unspecified atom stereocenters. The van der Waals surface area contributed by atoms with Gasteiger partial charge in [-0.15, -0.1) is 11.3 Å². The van der Waals surface area contributed by atoms with Crippen molar-refractivity contribution in [3.05, 3.63) is 21.9 Å². The number of aliphatic hydroxyl groups is 1. The summed E-state index contributed by atoms with van der Waals surface area (Å²) in [6.07, 6.45) is 0. The molecular formula is C14H20N2O5S. The Kier molecular flexibility index (Phi) is 10.2. The summed E-state index contributed by atoms with van der Waals surface area (Å²) in [6.45, 7) is 2.92. The lowest BCUT2D eigenvalue weighted by molar-refractivity contribution is 0.00825. The second-order valence-corrected chi connectivity index (χ2v) is 5.18. The summed E-state index contributed by atoms with van der Waals surface area (Å²) in [4.78, 5) is 12.7. The number of nitrogens with one attached hydrogen (secondary N) is 1. The van der Waals surface area contributed by atoms with Crippen LogP contribution >= 0.6 is 11.3 Å². The zero-order valence-electron chi connectivity index (χ0n) is 12.2. The Morgan fingerprint density at radius 2 is 1.77 bits per heavy atom. The van der Waals surface area contributed by atoms with E-state index in [1.165, 1.54) is 0 Å². The summed E-state index contributed by atoms with van der Waals surface area (Å²) >= 11 is 1.16. The highest BCUT2D eigenvalue weighted by molar-refractivity contribution is 7.14. The van der Waals surface area contributed by atoms with Crippen LogP contribution in [0.2, 0.25) is 0 Å². The molecule has 0 saturated carbocycles. The molecule has 7 nitrogen and oxygen atoms in total. The number of aliphatic hydroxyl groups excluding tert-OH is 1. The van der Waals surface area contributed by atoms with E-state index in [2.05, 4.69) is 5.32 Å². The minimum atomic E-state index is -0.201. The number of nitriles is 1. The smallest absolute Gasteiger partial charge is 0.261 e. The number of ether oxygens (including phenoxy) is 3.